The molecule has 4 heterocycles. The molecule has 0 aromatic carbocycles. The maximum absolute atomic E-state index is 14.1. The molecule has 0 aromatic rings. The molecule has 1 aliphatic carbocycles. The monoisotopic (exact) mass is 459 g/mol. The van der Waals surface area contributed by atoms with Crippen LogP contribution < -0.4 is 0 Å². The van der Waals surface area contributed by atoms with Gasteiger partial charge >= 0.3 is 0 Å². The molecule has 3 amide bonds. The normalized spacial score (nSPS) is 38.5. The molecule has 0 bridgehead atoms. The number of carbonyl (C=O) groups is 3. The SMILES string of the molecule is C[C@H](CO)N1C(=O)[C@@H]2[C@H]3C(=O)N(C)CC=C[C@H]3S[C@@]23C=CCN(C2CCCCC2)C(=O)C13. The van der Waals surface area contributed by atoms with Crippen molar-refractivity contribution in [2.75, 3.05) is 26.7 Å². The molecule has 8 heteroatoms. The molecule has 1 saturated carbocycles. The molecule has 4 aliphatic heterocycles. The van der Waals surface area contributed by atoms with Crippen LogP contribution >= 0.6 is 11.8 Å². The van der Waals surface area contributed by atoms with Gasteiger partial charge in [0.05, 0.1) is 29.2 Å². The van der Waals surface area contributed by atoms with Gasteiger partial charge in [-0.05, 0) is 19.8 Å². The smallest absolute Gasteiger partial charge is 0.247 e. The number of thioether (sulfide) groups is 1. The summed E-state index contributed by atoms with van der Waals surface area (Å²) in [7, 11) is 1.77. The lowest BCUT2D eigenvalue weighted by Crippen LogP contribution is -2.57. The minimum absolute atomic E-state index is 0.0215. The van der Waals surface area contributed by atoms with Crippen LogP contribution in [0.3, 0.4) is 0 Å². The Morgan fingerprint density at radius 2 is 1.84 bits per heavy atom. The van der Waals surface area contributed by atoms with Crippen LogP contribution in [-0.4, -0.2) is 92.4 Å². The van der Waals surface area contributed by atoms with Crippen LogP contribution in [0.25, 0.3) is 0 Å². The summed E-state index contributed by atoms with van der Waals surface area (Å²) in [4.78, 5) is 46.7. The maximum Gasteiger partial charge on any atom is 0.247 e. The van der Waals surface area contributed by atoms with E-state index in [0.717, 1.165) is 25.7 Å². The van der Waals surface area contributed by atoms with Crippen molar-refractivity contribution in [1.82, 2.24) is 14.7 Å². The lowest BCUT2D eigenvalue weighted by molar-refractivity contribution is -0.147. The van der Waals surface area contributed by atoms with E-state index in [9.17, 15) is 19.5 Å². The summed E-state index contributed by atoms with van der Waals surface area (Å²) >= 11 is 1.60. The van der Waals surface area contributed by atoms with Crippen molar-refractivity contribution >= 4 is 29.5 Å². The quantitative estimate of drug-likeness (QED) is 0.646. The van der Waals surface area contributed by atoms with Crippen molar-refractivity contribution < 1.29 is 19.5 Å². The molecular weight excluding hydrogens is 426 g/mol. The van der Waals surface area contributed by atoms with Crippen LogP contribution in [0, 0.1) is 11.8 Å². The second kappa shape index (κ2) is 8.20. The van der Waals surface area contributed by atoms with Gasteiger partial charge in [-0.2, -0.15) is 0 Å². The summed E-state index contributed by atoms with van der Waals surface area (Å²) in [5.74, 6) is -1.31. The zero-order chi connectivity index (χ0) is 22.6. The van der Waals surface area contributed by atoms with Gasteiger partial charge < -0.3 is 19.8 Å². The van der Waals surface area contributed by atoms with E-state index in [1.807, 2.05) is 11.0 Å². The van der Waals surface area contributed by atoms with Crippen LogP contribution in [0.5, 0.6) is 0 Å². The first kappa shape index (κ1) is 22.0. The predicted octanol–water partition coefficient (Wildman–Crippen LogP) is 1.42. The van der Waals surface area contributed by atoms with Crippen LogP contribution in [0.4, 0.5) is 0 Å². The van der Waals surface area contributed by atoms with Gasteiger partial charge in [0, 0.05) is 31.4 Å². The van der Waals surface area contributed by atoms with Crippen LogP contribution in [0.1, 0.15) is 39.0 Å². The van der Waals surface area contributed by atoms with Crippen molar-refractivity contribution in [2.24, 2.45) is 11.8 Å². The van der Waals surface area contributed by atoms with E-state index in [1.54, 1.807) is 35.5 Å². The standard InChI is InChI=1S/C24H33N3O4S/c1-15(14-28)27-20-23(31)26(16-8-4-3-5-9-16)13-7-11-24(20)19(22(27)30)18-17(32-24)10-6-12-25(2)21(18)29/h6-7,10-11,15-20,28H,3-5,8-9,12-14H2,1-2H3/t15-,17-,18+,19+,20?,24+/m1/s1. The van der Waals surface area contributed by atoms with Crippen molar-refractivity contribution in [3.63, 3.8) is 0 Å². The fourth-order valence-electron chi connectivity index (χ4n) is 6.50. The fraction of sp³-hybridized carbons (Fsp3) is 0.708. The molecule has 1 unspecified atom stereocenters. The Morgan fingerprint density at radius 1 is 1.09 bits per heavy atom. The number of amides is 3. The van der Waals surface area contributed by atoms with E-state index in [1.165, 1.54) is 6.42 Å². The lowest BCUT2D eigenvalue weighted by Gasteiger charge is -2.40. The molecule has 7 nitrogen and oxygen atoms in total. The molecule has 3 fully saturated rings. The lowest BCUT2D eigenvalue weighted by atomic mass is 9.78. The molecule has 174 valence electrons. The van der Waals surface area contributed by atoms with Crippen molar-refractivity contribution in [2.45, 2.75) is 67.2 Å². The number of aliphatic hydroxyl groups is 1. The maximum atomic E-state index is 14.1. The predicted molar refractivity (Wildman–Crippen MR) is 123 cm³/mol. The van der Waals surface area contributed by atoms with Gasteiger partial charge in [-0.3, -0.25) is 14.4 Å². The van der Waals surface area contributed by atoms with Gasteiger partial charge in [0.1, 0.15) is 6.04 Å². The van der Waals surface area contributed by atoms with E-state index in [-0.39, 0.29) is 35.6 Å². The number of hydrogen-bond acceptors (Lipinski definition) is 5. The van der Waals surface area contributed by atoms with E-state index in [2.05, 4.69) is 18.2 Å². The highest BCUT2D eigenvalue weighted by Crippen LogP contribution is 2.61. The number of nitrogens with zero attached hydrogens (tertiary/aromatic N) is 3. The largest absolute Gasteiger partial charge is 0.394 e. The van der Waals surface area contributed by atoms with Gasteiger partial charge in [0.2, 0.25) is 17.7 Å². The van der Waals surface area contributed by atoms with Crippen molar-refractivity contribution in [1.29, 1.82) is 0 Å². The Bertz CT molecular complexity index is 869. The van der Waals surface area contributed by atoms with Crippen LogP contribution in [0.15, 0.2) is 24.3 Å². The summed E-state index contributed by atoms with van der Waals surface area (Å²) in [6.45, 7) is 2.66. The third-order valence-electron chi connectivity index (χ3n) is 8.08. The Hall–Kier alpha value is -1.80. The zero-order valence-corrected chi connectivity index (χ0v) is 19.7. The molecular formula is C24H33N3O4S. The van der Waals surface area contributed by atoms with Gasteiger partial charge in [0.25, 0.3) is 0 Å². The first-order valence-corrected chi connectivity index (χ1v) is 12.8. The molecule has 0 aromatic heterocycles. The summed E-state index contributed by atoms with van der Waals surface area (Å²) in [6, 6.07) is -0.973. The Morgan fingerprint density at radius 3 is 2.56 bits per heavy atom. The highest BCUT2D eigenvalue weighted by molar-refractivity contribution is 8.02. The second-order valence-corrected chi connectivity index (χ2v) is 11.4. The number of hydrogen-bond donors (Lipinski definition) is 1. The molecule has 32 heavy (non-hydrogen) atoms. The minimum Gasteiger partial charge on any atom is -0.394 e. The molecule has 1 spiro atoms. The van der Waals surface area contributed by atoms with Gasteiger partial charge in [-0.15, -0.1) is 11.8 Å². The topological polar surface area (TPSA) is 81.2 Å². The Labute approximate surface area is 193 Å². The first-order valence-electron chi connectivity index (χ1n) is 11.9. The molecule has 5 aliphatic rings. The number of aliphatic hydroxyl groups excluding tert-OH is 1. The van der Waals surface area contributed by atoms with Gasteiger partial charge in [0.15, 0.2) is 0 Å². The number of likely N-dealkylation sites (tertiary alicyclic amines) is 1. The summed E-state index contributed by atoms with van der Waals surface area (Å²) in [5, 5.41) is 9.85. The first-order chi connectivity index (χ1) is 15.4. The minimum atomic E-state index is -0.783. The van der Waals surface area contributed by atoms with E-state index in [4.69, 9.17) is 0 Å². The third-order valence-corrected chi connectivity index (χ3v) is 9.83. The Balaban J connectivity index is 1.60. The molecule has 0 radical (unpaired) electrons. The number of carbonyl (C=O) groups excluding carboxylic acids is 3. The average Bonchev–Trinajstić information content (AvgIpc) is 3.13. The number of fused-ring (bicyclic) bond motifs is 2. The van der Waals surface area contributed by atoms with Crippen molar-refractivity contribution in [3.05, 3.63) is 24.3 Å². The summed E-state index contributed by atoms with van der Waals surface area (Å²) in [6.07, 6.45) is 13.6. The van der Waals surface area contributed by atoms with E-state index < -0.39 is 28.7 Å². The molecule has 6 atom stereocenters. The van der Waals surface area contributed by atoms with E-state index >= 15 is 0 Å². The highest BCUT2D eigenvalue weighted by atomic mass is 32.2. The number of likely N-dealkylation sites (N-methyl/N-ethyl adjacent to an activating group) is 1. The van der Waals surface area contributed by atoms with Crippen LogP contribution in [-0.2, 0) is 14.4 Å². The molecule has 1 N–H and O–H groups in total. The fourth-order valence-corrected chi connectivity index (χ4v) is 8.50. The number of rotatable bonds is 3. The summed E-state index contributed by atoms with van der Waals surface area (Å²) in [5.41, 5.74) is 0. The third kappa shape index (κ3) is 3.09. The zero-order valence-electron chi connectivity index (χ0n) is 18.9. The molecule has 2 saturated heterocycles. The van der Waals surface area contributed by atoms with Gasteiger partial charge in [-0.1, -0.05) is 43.6 Å². The van der Waals surface area contributed by atoms with Gasteiger partial charge in [-0.25, -0.2) is 0 Å². The highest BCUT2D eigenvalue weighted by Gasteiger charge is 2.71. The second-order valence-electron chi connectivity index (χ2n) is 9.95. The Kier molecular flexibility index (Phi) is 5.64. The molecule has 5 rings (SSSR count). The average molecular weight is 460 g/mol. The van der Waals surface area contributed by atoms with Crippen molar-refractivity contribution in [3.8, 4) is 0 Å². The van der Waals surface area contributed by atoms with Crippen LogP contribution in [0.2, 0.25) is 0 Å². The van der Waals surface area contributed by atoms with E-state index in [0.29, 0.717) is 13.1 Å². The summed E-state index contributed by atoms with van der Waals surface area (Å²) < 4.78 is -0.783.